The Morgan fingerprint density at radius 2 is 2.33 bits per heavy atom. The summed E-state index contributed by atoms with van der Waals surface area (Å²) in [6.07, 6.45) is 6.02. The van der Waals surface area contributed by atoms with E-state index in [4.69, 9.17) is 35.4 Å². The van der Waals surface area contributed by atoms with Gasteiger partial charge in [-0.2, -0.15) is 0 Å². The van der Waals surface area contributed by atoms with E-state index >= 15 is 0 Å². The molecule has 1 radical (unpaired) electrons. The first-order valence-electron chi connectivity index (χ1n) is 2.35. The smallest absolute Gasteiger partial charge is 0.0877 e. The van der Waals surface area contributed by atoms with Gasteiger partial charge in [-0.15, -0.1) is 11.6 Å². The summed E-state index contributed by atoms with van der Waals surface area (Å²) in [5.74, 6) is 0. The van der Waals surface area contributed by atoms with Gasteiger partial charge in [0, 0.05) is 9.90 Å². The Hall–Kier alpha value is 0.150. The van der Waals surface area contributed by atoms with Crippen molar-refractivity contribution in [1.82, 2.24) is 0 Å². The van der Waals surface area contributed by atoms with E-state index in [-0.39, 0.29) is 5.38 Å². The van der Waals surface area contributed by atoms with Gasteiger partial charge >= 0.3 is 0 Å². The van der Waals surface area contributed by atoms with Gasteiger partial charge in [-0.3, -0.25) is 0 Å². The molecule has 1 atom stereocenters. The fourth-order valence-electron chi connectivity index (χ4n) is 0.481. The quantitative estimate of drug-likeness (QED) is 0.405. The van der Waals surface area contributed by atoms with Gasteiger partial charge in [-0.05, 0) is 12.2 Å². The maximum atomic E-state index is 5.67. The zero-order valence-corrected chi connectivity index (χ0v) is 6.72. The van der Waals surface area contributed by atoms with Crippen LogP contribution in [-0.2, 0) is 0 Å². The van der Waals surface area contributed by atoms with Crippen LogP contribution < -0.4 is 0 Å². The van der Waals surface area contributed by atoms with Crippen molar-refractivity contribution in [2.45, 2.75) is 5.38 Å². The summed E-state index contributed by atoms with van der Waals surface area (Å²) < 4.78 is 0. The highest BCUT2D eigenvalue weighted by Crippen LogP contribution is 2.14. The molecule has 3 heteroatoms. The molecule has 0 aromatic carbocycles. The molecule has 0 bridgehead atoms. The Labute approximate surface area is 69.1 Å². The second-order valence-corrected chi connectivity index (χ2v) is 2.96. The van der Waals surface area contributed by atoms with Crippen molar-refractivity contribution in [2.24, 2.45) is 0 Å². The van der Waals surface area contributed by atoms with Crippen LogP contribution in [0, 0.1) is 6.08 Å². The van der Waals surface area contributed by atoms with Gasteiger partial charge in [0.15, 0.2) is 0 Å². The summed E-state index contributed by atoms with van der Waals surface area (Å²) in [6.45, 7) is 0. The Bertz CT molecular complexity index is 193. The largest absolute Gasteiger partial charge is 0.112 e. The standard InChI is InChI=1S/C6H3Cl2S/c7-4-1-2-5(8)6(9)3-4/h2-3,5H. The molecule has 0 spiro atoms. The first-order valence-corrected chi connectivity index (χ1v) is 3.57. The van der Waals surface area contributed by atoms with Gasteiger partial charge in [0.25, 0.3) is 0 Å². The second kappa shape index (κ2) is 2.82. The molecule has 0 heterocycles. The van der Waals surface area contributed by atoms with Crippen LogP contribution in [0.1, 0.15) is 0 Å². The summed E-state index contributed by atoms with van der Waals surface area (Å²) in [7, 11) is 0. The van der Waals surface area contributed by atoms with E-state index in [1.807, 2.05) is 0 Å². The lowest BCUT2D eigenvalue weighted by atomic mass is 10.2. The lowest BCUT2D eigenvalue weighted by Crippen LogP contribution is -2.08. The zero-order valence-electron chi connectivity index (χ0n) is 4.40. The molecule has 9 heavy (non-hydrogen) atoms. The number of allylic oxidation sites excluding steroid dienone is 4. The Morgan fingerprint density at radius 3 is 2.78 bits per heavy atom. The third-order valence-corrected chi connectivity index (χ3v) is 1.99. The number of alkyl halides is 1. The van der Waals surface area contributed by atoms with Crippen molar-refractivity contribution in [3.05, 3.63) is 23.3 Å². The maximum Gasteiger partial charge on any atom is 0.0877 e. The number of rotatable bonds is 0. The van der Waals surface area contributed by atoms with Crippen LogP contribution in [0.3, 0.4) is 0 Å². The molecule has 0 aromatic rings. The van der Waals surface area contributed by atoms with Gasteiger partial charge in [-0.1, -0.05) is 29.9 Å². The van der Waals surface area contributed by atoms with Crippen molar-refractivity contribution in [1.29, 1.82) is 0 Å². The molecule has 0 saturated heterocycles. The van der Waals surface area contributed by atoms with Crippen molar-refractivity contribution in [2.75, 3.05) is 0 Å². The van der Waals surface area contributed by atoms with Crippen molar-refractivity contribution in [3.63, 3.8) is 0 Å². The molecule has 1 rings (SSSR count). The van der Waals surface area contributed by atoms with Crippen LogP contribution >= 0.6 is 35.4 Å². The summed E-state index contributed by atoms with van der Waals surface area (Å²) in [4.78, 5) is 0.653. The highest BCUT2D eigenvalue weighted by atomic mass is 35.5. The zero-order chi connectivity index (χ0) is 6.85. The van der Waals surface area contributed by atoms with E-state index in [9.17, 15) is 0 Å². The van der Waals surface area contributed by atoms with Crippen LogP contribution in [0.5, 0.6) is 0 Å². The van der Waals surface area contributed by atoms with Gasteiger partial charge in [0.2, 0.25) is 0 Å². The summed E-state index contributed by atoms with van der Waals surface area (Å²) in [6, 6.07) is 0. The average molecular weight is 178 g/mol. The maximum absolute atomic E-state index is 5.67. The molecule has 0 aromatic heterocycles. The molecule has 1 aliphatic rings. The molecule has 0 nitrogen and oxygen atoms in total. The van der Waals surface area contributed by atoms with E-state index in [0.29, 0.717) is 9.90 Å². The monoisotopic (exact) mass is 177 g/mol. The first kappa shape index (κ1) is 7.26. The number of hydrogen-bond acceptors (Lipinski definition) is 1. The molecule has 0 N–H and O–H groups in total. The topological polar surface area (TPSA) is 0 Å². The Kier molecular flexibility index (Phi) is 2.28. The highest BCUT2D eigenvalue weighted by molar-refractivity contribution is 7.81. The first-order chi connectivity index (χ1) is 4.20. The minimum Gasteiger partial charge on any atom is -0.112 e. The van der Waals surface area contributed by atoms with E-state index in [0.717, 1.165) is 0 Å². The predicted octanol–water partition coefficient (Wildman–Crippen LogP) is 2.46. The molecule has 0 aliphatic heterocycles. The summed E-state index contributed by atoms with van der Waals surface area (Å²) >= 11 is 16.1. The van der Waals surface area contributed by atoms with Gasteiger partial charge in [0.1, 0.15) is 0 Å². The number of hydrogen-bond donors (Lipinski definition) is 0. The molecular weight excluding hydrogens is 175 g/mol. The van der Waals surface area contributed by atoms with Gasteiger partial charge < -0.3 is 0 Å². The third kappa shape index (κ3) is 1.78. The summed E-state index contributed by atoms with van der Waals surface area (Å²) in [5, 5.41) is 0.319. The SMILES string of the molecule is S=C1C=C(Cl)[C]=CC1Cl. The van der Waals surface area contributed by atoms with Crippen molar-refractivity contribution in [3.8, 4) is 0 Å². The van der Waals surface area contributed by atoms with Crippen LogP contribution in [0.2, 0.25) is 0 Å². The third-order valence-electron chi connectivity index (χ3n) is 0.908. The minimum absolute atomic E-state index is 0.206. The van der Waals surface area contributed by atoms with E-state index in [2.05, 4.69) is 6.08 Å². The van der Waals surface area contributed by atoms with Crippen LogP contribution in [0.15, 0.2) is 17.2 Å². The number of thiocarbonyl (C=S) groups is 1. The fraction of sp³-hybridized carbons (Fsp3) is 0.167. The lowest BCUT2D eigenvalue weighted by molar-refractivity contribution is 1.47. The fourth-order valence-corrected chi connectivity index (χ4v) is 1.04. The van der Waals surface area contributed by atoms with Crippen molar-refractivity contribution < 1.29 is 0 Å². The molecule has 47 valence electrons. The Morgan fingerprint density at radius 1 is 1.67 bits per heavy atom. The average Bonchev–Trinajstić information content (AvgIpc) is 1.80. The van der Waals surface area contributed by atoms with Gasteiger partial charge in [-0.25, -0.2) is 0 Å². The Balaban J connectivity index is 2.82. The molecule has 1 unspecified atom stereocenters. The van der Waals surface area contributed by atoms with E-state index in [1.54, 1.807) is 12.2 Å². The predicted molar refractivity (Wildman–Crippen MR) is 44.0 cm³/mol. The van der Waals surface area contributed by atoms with Crippen LogP contribution in [0.4, 0.5) is 0 Å². The number of halogens is 2. The summed E-state index contributed by atoms with van der Waals surface area (Å²) in [5.41, 5.74) is 0. The molecule has 0 amide bonds. The van der Waals surface area contributed by atoms with Crippen molar-refractivity contribution >= 4 is 40.3 Å². The second-order valence-electron chi connectivity index (χ2n) is 1.61. The molecule has 1 aliphatic carbocycles. The minimum atomic E-state index is -0.206. The molecular formula is C6H3Cl2S. The van der Waals surface area contributed by atoms with Crippen LogP contribution in [-0.4, -0.2) is 10.2 Å². The molecule has 0 saturated carbocycles. The van der Waals surface area contributed by atoms with E-state index in [1.165, 1.54) is 0 Å². The molecule has 0 fully saturated rings. The van der Waals surface area contributed by atoms with Gasteiger partial charge in [0.05, 0.1) is 5.38 Å². The highest BCUT2D eigenvalue weighted by Gasteiger charge is 2.09. The van der Waals surface area contributed by atoms with E-state index < -0.39 is 0 Å². The normalized spacial score (nSPS) is 26.2. The van der Waals surface area contributed by atoms with Crippen LogP contribution in [0.25, 0.3) is 0 Å². The lowest BCUT2D eigenvalue weighted by Gasteiger charge is -2.05.